The van der Waals surface area contributed by atoms with Crippen LogP contribution in [-0.4, -0.2) is 17.6 Å². The molecule has 0 fully saturated rings. The van der Waals surface area contributed by atoms with Gasteiger partial charge in [0.25, 0.3) is 0 Å². The van der Waals surface area contributed by atoms with Crippen LogP contribution in [0.4, 0.5) is 5.69 Å². The van der Waals surface area contributed by atoms with Gasteiger partial charge in [-0.05, 0) is 48.7 Å². The normalized spacial score (nSPS) is 13.8. The molecule has 0 aliphatic carbocycles. The maximum Gasteiger partial charge on any atom is 0.193 e. The number of halogens is 2. The summed E-state index contributed by atoms with van der Waals surface area (Å²) in [4.78, 5) is 4.31. The van der Waals surface area contributed by atoms with Gasteiger partial charge in [0.05, 0.1) is 6.54 Å². The van der Waals surface area contributed by atoms with Gasteiger partial charge in [-0.25, -0.2) is 4.99 Å². The molecular formula is C18H23BrIN3O. The Labute approximate surface area is 168 Å². The van der Waals surface area contributed by atoms with E-state index >= 15 is 0 Å². The second-order valence-electron chi connectivity index (χ2n) is 5.59. The van der Waals surface area contributed by atoms with Gasteiger partial charge in [-0.3, -0.25) is 0 Å². The predicted molar refractivity (Wildman–Crippen MR) is 115 cm³/mol. The summed E-state index contributed by atoms with van der Waals surface area (Å²) >= 11 is 3.40. The Balaban J connectivity index is 0.00000288. The average Bonchev–Trinajstić information content (AvgIpc) is 2.53. The number of aliphatic hydroxyl groups is 1. The van der Waals surface area contributed by atoms with Gasteiger partial charge >= 0.3 is 0 Å². The fourth-order valence-electron chi connectivity index (χ4n) is 2.29. The molecule has 0 heterocycles. The first-order valence-corrected chi connectivity index (χ1v) is 8.34. The van der Waals surface area contributed by atoms with E-state index in [9.17, 15) is 5.11 Å². The minimum atomic E-state index is -1.03. The number of guanidine groups is 1. The highest BCUT2D eigenvalue weighted by Gasteiger charge is 2.26. The third-order valence-electron chi connectivity index (χ3n) is 3.77. The first-order valence-electron chi connectivity index (χ1n) is 7.55. The molecule has 1 atom stereocenters. The number of anilines is 1. The molecule has 2 aromatic carbocycles. The van der Waals surface area contributed by atoms with Crippen LogP contribution in [-0.2, 0) is 5.60 Å². The molecular weight excluding hydrogens is 481 g/mol. The summed E-state index contributed by atoms with van der Waals surface area (Å²) < 4.78 is 0.976. The van der Waals surface area contributed by atoms with Crippen molar-refractivity contribution in [2.24, 2.45) is 10.7 Å². The van der Waals surface area contributed by atoms with Gasteiger partial charge in [-0.1, -0.05) is 47.1 Å². The number of rotatable bonds is 5. The molecule has 6 heteroatoms. The smallest absolute Gasteiger partial charge is 0.193 e. The van der Waals surface area contributed by atoms with Crippen LogP contribution in [0, 0.1) is 6.92 Å². The van der Waals surface area contributed by atoms with Gasteiger partial charge in [0.2, 0.25) is 0 Å². The Kier molecular flexibility index (Phi) is 8.18. The number of aryl methyl sites for hydroxylation is 1. The lowest BCUT2D eigenvalue weighted by molar-refractivity contribution is 0.0424. The van der Waals surface area contributed by atoms with Crippen molar-refractivity contribution in [1.29, 1.82) is 0 Å². The second-order valence-corrected chi connectivity index (χ2v) is 6.50. The molecule has 130 valence electrons. The van der Waals surface area contributed by atoms with E-state index in [-0.39, 0.29) is 30.5 Å². The maximum absolute atomic E-state index is 10.8. The molecule has 2 rings (SSSR count). The third-order valence-corrected chi connectivity index (χ3v) is 4.30. The lowest BCUT2D eigenvalue weighted by Crippen LogP contribution is -2.31. The Morgan fingerprint density at radius 3 is 2.50 bits per heavy atom. The van der Waals surface area contributed by atoms with Crippen molar-refractivity contribution >= 4 is 51.6 Å². The van der Waals surface area contributed by atoms with Crippen molar-refractivity contribution in [3.05, 3.63) is 64.1 Å². The number of benzene rings is 2. The van der Waals surface area contributed by atoms with Crippen molar-refractivity contribution in [2.45, 2.75) is 25.9 Å². The third kappa shape index (κ3) is 5.75. The van der Waals surface area contributed by atoms with Crippen LogP contribution in [0.25, 0.3) is 0 Å². The molecule has 24 heavy (non-hydrogen) atoms. The van der Waals surface area contributed by atoms with Gasteiger partial charge in [-0.15, -0.1) is 24.0 Å². The van der Waals surface area contributed by atoms with Crippen LogP contribution < -0.4 is 11.1 Å². The molecule has 0 spiro atoms. The maximum atomic E-state index is 10.8. The fraction of sp³-hybridized carbons (Fsp3) is 0.278. The van der Waals surface area contributed by atoms with Gasteiger partial charge in [0, 0.05) is 10.2 Å². The van der Waals surface area contributed by atoms with Gasteiger partial charge in [0.15, 0.2) is 5.96 Å². The highest BCUT2D eigenvalue weighted by atomic mass is 127. The SMILES string of the molecule is CCC(O)(CN=C(N)Nc1cccc(C)c1)c1ccc(Br)cc1.I. The molecule has 1 unspecified atom stereocenters. The lowest BCUT2D eigenvalue weighted by Gasteiger charge is -2.25. The van der Waals surface area contributed by atoms with Crippen molar-refractivity contribution < 1.29 is 5.11 Å². The first kappa shape index (κ1) is 20.9. The summed E-state index contributed by atoms with van der Waals surface area (Å²) in [6.45, 7) is 4.15. The summed E-state index contributed by atoms with van der Waals surface area (Å²) in [7, 11) is 0. The van der Waals surface area contributed by atoms with Crippen LogP contribution in [0.15, 0.2) is 58.0 Å². The summed E-state index contributed by atoms with van der Waals surface area (Å²) in [6, 6.07) is 15.5. The number of aliphatic imine (C=N–C) groups is 1. The summed E-state index contributed by atoms with van der Waals surface area (Å²) in [5.41, 5.74) is 7.77. The van der Waals surface area contributed by atoms with E-state index in [0.717, 1.165) is 21.3 Å². The number of nitrogens with zero attached hydrogens (tertiary/aromatic N) is 1. The van der Waals surface area contributed by atoms with E-state index in [4.69, 9.17) is 5.73 Å². The second kappa shape index (κ2) is 9.39. The number of nitrogens with one attached hydrogen (secondary N) is 1. The van der Waals surface area contributed by atoms with E-state index < -0.39 is 5.60 Å². The molecule has 0 saturated heterocycles. The molecule has 0 bridgehead atoms. The summed E-state index contributed by atoms with van der Waals surface area (Å²) in [5, 5.41) is 13.9. The zero-order valence-corrected chi connectivity index (χ0v) is 17.7. The molecule has 0 aliphatic rings. The molecule has 0 aliphatic heterocycles. The van der Waals surface area contributed by atoms with E-state index in [2.05, 4.69) is 26.2 Å². The Hall–Kier alpha value is -1.12. The van der Waals surface area contributed by atoms with Crippen molar-refractivity contribution in [2.75, 3.05) is 11.9 Å². The highest BCUT2D eigenvalue weighted by molar-refractivity contribution is 14.0. The first-order chi connectivity index (χ1) is 10.9. The number of hydrogen-bond acceptors (Lipinski definition) is 2. The molecule has 4 nitrogen and oxygen atoms in total. The summed E-state index contributed by atoms with van der Waals surface area (Å²) in [6.07, 6.45) is 0.551. The molecule has 4 N–H and O–H groups in total. The lowest BCUT2D eigenvalue weighted by atomic mass is 9.91. The predicted octanol–water partition coefficient (Wildman–Crippen LogP) is 4.40. The largest absolute Gasteiger partial charge is 0.383 e. The average molecular weight is 504 g/mol. The Morgan fingerprint density at radius 1 is 1.25 bits per heavy atom. The zero-order chi connectivity index (χ0) is 16.9. The minimum absolute atomic E-state index is 0. The molecule has 0 saturated carbocycles. The van der Waals surface area contributed by atoms with Crippen LogP contribution in [0.1, 0.15) is 24.5 Å². The Morgan fingerprint density at radius 2 is 1.92 bits per heavy atom. The topological polar surface area (TPSA) is 70.6 Å². The summed E-state index contributed by atoms with van der Waals surface area (Å²) in [5.74, 6) is 0.291. The molecule has 0 aromatic heterocycles. The van der Waals surface area contributed by atoms with E-state index in [0.29, 0.717) is 12.4 Å². The van der Waals surface area contributed by atoms with E-state index in [1.54, 1.807) is 0 Å². The van der Waals surface area contributed by atoms with Crippen LogP contribution in [0.5, 0.6) is 0 Å². The Bertz CT molecular complexity index is 691. The molecule has 0 radical (unpaired) electrons. The minimum Gasteiger partial charge on any atom is -0.383 e. The number of hydrogen-bond donors (Lipinski definition) is 3. The van der Waals surface area contributed by atoms with Crippen molar-refractivity contribution in [1.82, 2.24) is 0 Å². The van der Waals surface area contributed by atoms with Crippen LogP contribution in [0.3, 0.4) is 0 Å². The van der Waals surface area contributed by atoms with Crippen molar-refractivity contribution in [3.8, 4) is 0 Å². The van der Waals surface area contributed by atoms with E-state index in [1.165, 1.54) is 0 Å². The quantitative estimate of drug-likeness (QED) is 0.321. The van der Waals surface area contributed by atoms with Crippen LogP contribution in [0.2, 0.25) is 0 Å². The van der Waals surface area contributed by atoms with E-state index in [1.807, 2.05) is 62.4 Å². The van der Waals surface area contributed by atoms with Crippen molar-refractivity contribution in [3.63, 3.8) is 0 Å². The standard InChI is InChI=1S/C18H22BrN3O.HI/c1-3-18(23,14-7-9-15(19)10-8-14)12-21-17(20)22-16-6-4-5-13(2)11-16;/h4-11,23H,3,12H2,1-2H3,(H3,20,21,22);1H. The zero-order valence-electron chi connectivity index (χ0n) is 13.8. The molecule has 0 amide bonds. The van der Waals surface area contributed by atoms with Crippen LogP contribution >= 0.6 is 39.9 Å². The van der Waals surface area contributed by atoms with Gasteiger partial charge in [-0.2, -0.15) is 0 Å². The highest BCUT2D eigenvalue weighted by Crippen LogP contribution is 2.26. The fourth-order valence-corrected chi connectivity index (χ4v) is 2.56. The number of nitrogens with two attached hydrogens (primary N) is 1. The van der Waals surface area contributed by atoms with Gasteiger partial charge in [0.1, 0.15) is 5.60 Å². The monoisotopic (exact) mass is 503 g/mol. The molecule has 2 aromatic rings. The van der Waals surface area contributed by atoms with Gasteiger partial charge < -0.3 is 16.2 Å².